The molecule has 0 saturated carbocycles. The lowest BCUT2D eigenvalue weighted by atomic mass is 9.95. The molecule has 1 fully saturated rings. The van der Waals surface area contributed by atoms with Gasteiger partial charge in [0, 0.05) is 74.4 Å². The van der Waals surface area contributed by atoms with Gasteiger partial charge >= 0.3 is 5.69 Å². The summed E-state index contributed by atoms with van der Waals surface area (Å²) in [6, 6.07) is 11.9. The maximum Gasteiger partial charge on any atom is 0.332 e. The molecule has 6 rings (SSSR count). The van der Waals surface area contributed by atoms with E-state index in [0.29, 0.717) is 39.0 Å². The summed E-state index contributed by atoms with van der Waals surface area (Å²) in [7, 11) is 3.53. The number of nitrogens with zero attached hydrogens (tertiary/aromatic N) is 5. The van der Waals surface area contributed by atoms with Gasteiger partial charge < -0.3 is 19.9 Å². The SMILES string of the molecule is C[C@@H]1CN(c2cc(-c3cc(F)cc(-c4ccc(-n5ccn(C)c5=O)c(Cl)c4)c3O)cc3c2cnn3C)CCN1. The van der Waals surface area contributed by atoms with E-state index in [9.17, 15) is 9.90 Å². The summed E-state index contributed by atoms with van der Waals surface area (Å²) in [5.41, 5.74) is 4.04. The van der Waals surface area contributed by atoms with Crippen molar-refractivity contribution in [2.75, 3.05) is 24.5 Å². The van der Waals surface area contributed by atoms with E-state index in [1.54, 1.807) is 42.3 Å². The van der Waals surface area contributed by atoms with E-state index in [4.69, 9.17) is 11.6 Å². The van der Waals surface area contributed by atoms with Gasteiger partial charge in [-0.1, -0.05) is 17.7 Å². The van der Waals surface area contributed by atoms with Crippen molar-refractivity contribution in [1.29, 1.82) is 0 Å². The first-order valence-corrected chi connectivity index (χ1v) is 13.1. The van der Waals surface area contributed by atoms with Gasteiger partial charge in [0.1, 0.15) is 11.6 Å². The summed E-state index contributed by atoms with van der Waals surface area (Å²) in [5.74, 6) is -0.544. The Morgan fingerprint density at radius 3 is 2.51 bits per heavy atom. The second kappa shape index (κ2) is 9.59. The van der Waals surface area contributed by atoms with Crippen LogP contribution in [0.3, 0.4) is 0 Å². The number of benzene rings is 3. The first-order chi connectivity index (χ1) is 18.7. The topological polar surface area (TPSA) is 80.2 Å². The molecule has 8 nitrogen and oxygen atoms in total. The van der Waals surface area contributed by atoms with Gasteiger partial charge in [0.2, 0.25) is 0 Å². The molecule has 3 aromatic carbocycles. The molecule has 0 spiro atoms. The molecule has 2 aromatic heterocycles. The van der Waals surface area contributed by atoms with E-state index in [1.165, 1.54) is 21.3 Å². The predicted octanol–water partition coefficient (Wildman–Crippen LogP) is 4.69. The normalized spacial score (nSPS) is 15.8. The van der Waals surface area contributed by atoms with Gasteiger partial charge in [0.15, 0.2) is 0 Å². The van der Waals surface area contributed by atoms with E-state index in [2.05, 4.69) is 22.2 Å². The Morgan fingerprint density at radius 1 is 1.05 bits per heavy atom. The minimum atomic E-state index is -0.486. The highest BCUT2D eigenvalue weighted by Crippen LogP contribution is 2.43. The van der Waals surface area contributed by atoms with Gasteiger partial charge in [-0.25, -0.2) is 9.18 Å². The molecule has 2 N–H and O–H groups in total. The van der Waals surface area contributed by atoms with Crippen LogP contribution < -0.4 is 15.9 Å². The molecule has 5 aromatic rings. The highest BCUT2D eigenvalue weighted by Gasteiger charge is 2.22. The van der Waals surface area contributed by atoms with Crippen molar-refractivity contribution in [2.45, 2.75) is 13.0 Å². The average Bonchev–Trinajstić information content (AvgIpc) is 3.46. The summed E-state index contributed by atoms with van der Waals surface area (Å²) < 4.78 is 19.8. The van der Waals surface area contributed by atoms with Crippen molar-refractivity contribution in [3.63, 3.8) is 0 Å². The fourth-order valence-electron chi connectivity index (χ4n) is 5.35. The summed E-state index contributed by atoms with van der Waals surface area (Å²) in [6.07, 6.45) is 5.12. The number of halogens is 2. The van der Waals surface area contributed by atoms with Crippen molar-refractivity contribution in [2.24, 2.45) is 14.1 Å². The predicted molar refractivity (Wildman–Crippen MR) is 152 cm³/mol. The largest absolute Gasteiger partial charge is 0.507 e. The van der Waals surface area contributed by atoms with Crippen LogP contribution in [-0.4, -0.2) is 49.7 Å². The number of nitrogens with one attached hydrogen (secondary N) is 1. The Morgan fingerprint density at radius 2 is 1.82 bits per heavy atom. The number of hydrogen-bond acceptors (Lipinski definition) is 5. The number of rotatable bonds is 4. The molecule has 10 heteroatoms. The molecule has 39 heavy (non-hydrogen) atoms. The van der Waals surface area contributed by atoms with Crippen LogP contribution in [0.15, 0.2) is 65.8 Å². The third-order valence-corrected chi connectivity index (χ3v) is 7.71. The van der Waals surface area contributed by atoms with Crippen LogP contribution in [0.2, 0.25) is 5.02 Å². The fourth-order valence-corrected chi connectivity index (χ4v) is 5.63. The first kappa shape index (κ1) is 25.2. The number of aromatic nitrogens is 4. The highest BCUT2D eigenvalue weighted by molar-refractivity contribution is 6.32. The monoisotopic (exact) mass is 546 g/mol. The van der Waals surface area contributed by atoms with E-state index >= 15 is 4.39 Å². The Kier molecular flexibility index (Phi) is 6.20. The van der Waals surface area contributed by atoms with Crippen molar-refractivity contribution in [1.82, 2.24) is 24.2 Å². The van der Waals surface area contributed by atoms with Crippen LogP contribution >= 0.6 is 11.6 Å². The third-order valence-electron chi connectivity index (χ3n) is 7.41. The zero-order chi connectivity index (χ0) is 27.4. The fraction of sp³-hybridized carbons (Fsp3) is 0.241. The van der Waals surface area contributed by atoms with Crippen LogP contribution in [0.1, 0.15) is 6.92 Å². The standard InChI is InChI=1S/C29H28ClFN6O2/c1-17-16-36(7-6-32-17)27-12-19(11-26-23(27)15-33-35(26)3)22-14-20(31)13-21(28(22)38)18-4-5-25(24(30)10-18)37-9-8-34(2)29(37)39/h4-5,8-15,17,32,38H,6-7,16H2,1-3H3/t17-/m1/s1. The zero-order valence-electron chi connectivity index (χ0n) is 21.8. The lowest BCUT2D eigenvalue weighted by molar-refractivity contribution is 0.477. The van der Waals surface area contributed by atoms with Crippen molar-refractivity contribution in [3.8, 4) is 33.7 Å². The Hall–Kier alpha value is -4.08. The molecule has 0 bridgehead atoms. The first-order valence-electron chi connectivity index (χ1n) is 12.7. The molecule has 1 aliphatic rings. The Bertz CT molecular complexity index is 1790. The Balaban J connectivity index is 1.48. The van der Waals surface area contributed by atoms with Crippen LogP contribution in [0, 0.1) is 5.82 Å². The second-order valence-electron chi connectivity index (χ2n) is 10.1. The third kappa shape index (κ3) is 4.37. The lowest BCUT2D eigenvalue weighted by Crippen LogP contribution is -2.49. The minimum Gasteiger partial charge on any atom is -0.507 e. The van der Waals surface area contributed by atoms with Crippen molar-refractivity contribution >= 4 is 28.2 Å². The molecule has 0 radical (unpaired) electrons. The van der Waals surface area contributed by atoms with E-state index < -0.39 is 5.82 Å². The number of piperazine rings is 1. The van der Waals surface area contributed by atoms with E-state index in [1.807, 2.05) is 25.4 Å². The molecular weight excluding hydrogens is 519 g/mol. The van der Waals surface area contributed by atoms with Crippen molar-refractivity contribution < 1.29 is 9.50 Å². The van der Waals surface area contributed by atoms with Gasteiger partial charge in [-0.3, -0.25) is 9.25 Å². The smallest absolute Gasteiger partial charge is 0.332 e. The van der Waals surface area contributed by atoms with Gasteiger partial charge in [-0.2, -0.15) is 5.10 Å². The summed E-state index contributed by atoms with van der Waals surface area (Å²) in [4.78, 5) is 14.7. The molecule has 0 amide bonds. The zero-order valence-corrected chi connectivity index (χ0v) is 22.6. The molecule has 3 heterocycles. The summed E-state index contributed by atoms with van der Waals surface area (Å²) in [6.45, 7) is 4.65. The number of hydrogen-bond donors (Lipinski definition) is 2. The van der Waals surface area contributed by atoms with Gasteiger partial charge in [0.25, 0.3) is 0 Å². The maximum absolute atomic E-state index is 15.1. The number of aryl methyl sites for hydroxylation is 2. The quantitative estimate of drug-likeness (QED) is 0.342. The number of fused-ring (bicyclic) bond motifs is 1. The number of phenols is 1. The van der Waals surface area contributed by atoms with Gasteiger partial charge in [-0.05, 0) is 54.4 Å². The second-order valence-corrected chi connectivity index (χ2v) is 10.5. The molecule has 200 valence electrons. The van der Waals surface area contributed by atoms with Crippen LogP contribution in [0.4, 0.5) is 10.1 Å². The molecule has 1 atom stereocenters. The average molecular weight is 547 g/mol. The van der Waals surface area contributed by atoms with Gasteiger partial charge in [-0.15, -0.1) is 0 Å². The molecular formula is C29H28ClFN6O2. The molecule has 0 aliphatic carbocycles. The summed E-state index contributed by atoms with van der Waals surface area (Å²) >= 11 is 6.57. The van der Waals surface area contributed by atoms with Gasteiger partial charge in [0.05, 0.1) is 22.4 Å². The van der Waals surface area contributed by atoms with E-state index in [0.717, 1.165) is 36.2 Å². The molecule has 1 saturated heterocycles. The molecule has 1 aliphatic heterocycles. The van der Waals surface area contributed by atoms with Crippen LogP contribution in [0.5, 0.6) is 5.75 Å². The van der Waals surface area contributed by atoms with Crippen molar-refractivity contribution in [3.05, 3.63) is 82.4 Å². The number of phenolic OH excluding ortho intramolecular Hbond substituents is 1. The number of aromatic hydroxyl groups is 1. The Labute approximate surface area is 229 Å². The lowest BCUT2D eigenvalue weighted by Gasteiger charge is -2.34. The number of imidazole rings is 1. The molecule has 0 unspecified atom stereocenters. The highest BCUT2D eigenvalue weighted by atomic mass is 35.5. The minimum absolute atomic E-state index is 0.0572. The maximum atomic E-state index is 15.1. The van der Waals surface area contributed by atoms with Crippen LogP contribution in [-0.2, 0) is 14.1 Å². The summed E-state index contributed by atoms with van der Waals surface area (Å²) in [5, 5.41) is 20.7. The van der Waals surface area contributed by atoms with Crippen LogP contribution in [0.25, 0.3) is 38.8 Å². The number of anilines is 1. The van der Waals surface area contributed by atoms with E-state index in [-0.39, 0.29) is 11.4 Å².